The molecule has 0 aliphatic carbocycles. The SMILES string of the molecule is CSCc1cccc(C(=O)NCCCO)c1. The van der Waals surface area contributed by atoms with Gasteiger partial charge in [-0.3, -0.25) is 4.79 Å². The van der Waals surface area contributed by atoms with E-state index in [2.05, 4.69) is 5.32 Å². The van der Waals surface area contributed by atoms with Crippen molar-refractivity contribution in [2.24, 2.45) is 0 Å². The maximum absolute atomic E-state index is 11.7. The number of nitrogens with one attached hydrogen (secondary N) is 1. The molecular weight excluding hydrogens is 222 g/mol. The van der Waals surface area contributed by atoms with Crippen LogP contribution in [0.3, 0.4) is 0 Å². The summed E-state index contributed by atoms with van der Waals surface area (Å²) in [5.74, 6) is 0.842. The first-order valence-corrected chi connectivity index (χ1v) is 6.64. The zero-order valence-corrected chi connectivity index (χ0v) is 10.2. The Bertz CT molecular complexity index is 342. The van der Waals surface area contributed by atoms with Crippen molar-refractivity contribution in [1.29, 1.82) is 0 Å². The molecule has 88 valence electrons. The highest BCUT2D eigenvalue weighted by atomic mass is 32.2. The van der Waals surface area contributed by atoms with Crippen LogP contribution in [0.5, 0.6) is 0 Å². The number of aliphatic hydroxyl groups is 1. The first kappa shape index (κ1) is 13.1. The Morgan fingerprint density at radius 3 is 3.00 bits per heavy atom. The molecule has 0 heterocycles. The summed E-state index contributed by atoms with van der Waals surface area (Å²) in [4.78, 5) is 11.7. The van der Waals surface area contributed by atoms with Crippen LogP contribution in [0, 0.1) is 0 Å². The van der Waals surface area contributed by atoms with Crippen LogP contribution in [-0.2, 0) is 5.75 Å². The molecule has 1 rings (SSSR count). The van der Waals surface area contributed by atoms with Crippen LogP contribution in [0.4, 0.5) is 0 Å². The van der Waals surface area contributed by atoms with Gasteiger partial charge in [0.2, 0.25) is 0 Å². The Labute approximate surface area is 100 Å². The minimum absolute atomic E-state index is 0.0728. The predicted octanol–water partition coefficient (Wildman–Crippen LogP) is 1.66. The molecule has 1 aromatic carbocycles. The first-order valence-electron chi connectivity index (χ1n) is 5.25. The van der Waals surface area contributed by atoms with Crippen molar-refractivity contribution < 1.29 is 9.90 Å². The molecule has 2 N–H and O–H groups in total. The molecule has 3 nitrogen and oxygen atoms in total. The number of hydrogen-bond donors (Lipinski definition) is 2. The van der Waals surface area contributed by atoms with Crippen LogP contribution in [0.25, 0.3) is 0 Å². The quantitative estimate of drug-likeness (QED) is 0.742. The van der Waals surface area contributed by atoms with Gasteiger partial charge in [0.05, 0.1) is 0 Å². The number of aliphatic hydroxyl groups excluding tert-OH is 1. The summed E-state index contributed by atoms with van der Waals surface area (Å²) in [6.45, 7) is 0.620. The van der Waals surface area contributed by atoms with Gasteiger partial charge < -0.3 is 10.4 Å². The smallest absolute Gasteiger partial charge is 0.251 e. The highest BCUT2D eigenvalue weighted by molar-refractivity contribution is 7.97. The van der Waals surface area contributed by atoms with E-state index >= 15 is 0 Å². The Hall–Kier alpha value is -1.00. The van der Waals surface area contributed by atoms with Gasteiger partial charge >= 0.3 is 0 Å². The fraction of sp³-hybridized carbons (Fsp3) is 0.417. The summed E-state index contributed by atoms with van der Waals surface area (Å²) >= 11 is 1.73. The van der Waals surface area contributed by atoms with E-state index < -0.39 is 0 Å². The maximum Gasteiger partial charge on any atom is 0.251 e. The average molecular weight is 239 g/mol. The molecule has 0 aliphatic rings. The van der Waals surface area contributed by atoms with Crippen molar-refractivity contribution in [1.82, 2.24) is 5.32 Å². The summed E-state index contributed by atoms with van der Waals surface area (Å²) in [6, 6.07) is 7.62. The Balaban J connectivity index is 2.57. The summed E-state index contributed by atoms with van der Waals surface area (Å²) < 4.78 is 0. The lowest BCUT2D eigenvalue weighted by molar-refractivity contribution is 0.0951. The van der Waals surface area contributed by atoms with E-state index in [1.165, 1.54) is 0 Å². The molecule has 0 saturated carbocycles. The third-order valence-corrected chi connectivity index (χ3v) is 2.74. The highest BCUT2D eigenvalue weighted by Gasteiger charge is 2.04. The van der Waals surface area contributed by atoms with Crippen LogP contribution >= 0.6 is 11.8 Å². The molecule has 0 atom stereocenters. The van der Waals surface area contributed by atoms with E-state index in [0.717, 1.165) is 11.3 Å². The molecule has 1 aromatic rings. The number of amides is 1. The molecule has 0 aromatic heterocycles. The van der Waals surface area contributed by atoms with Gasteiger partial charge in [-0.15, -0.1) is 0 Å². The number of carbonyl (C=O) groups is 1. The van der Waals surface area contributed by atoms with Crippen LogP contribution in [0.2, 0.25) is 0 Å². The van der Waals surface area contributed by atoms with E-state index in [1.54, 1.807) is 17.8 Å². The molecule has 0 saturated heterocycles. The molecule has 0 bridgehead atoms. The van der Waals surface area contributed by atoms with Gasteiger partial charge in [0, 0.05) is 24.5 Å². The first-order chi connectivity index (χ1) is 7.77. The van der Waals surface area contributed by atoms with Gasteiger partial charge in [0.25, 0.3) is 5.91 Å². The number of rotatable bonds is 6. The number of hydrogen-bond acceptors (Lipinski definition) is 3. The molecule has 0 fully saturated rings. The van der Waals surface area contributed by atoms with E-state index in [4.69, 9.17) is 5.11 Å². The highest BCUT2D eigenvalue weighted by Crippen LogP contribution is 2.11. The second-order valence-electron chi connectivity index (χ2n) is 3.47. The van der Waals surface area contributed by atoms with E-state index in [1.807, 2.05) is 24.5 Å². The number of thioether (sulfide) groups is 1. The predicted molar refractivity (Wildman–Crippen MR) is 67.7 cm³/mol. The summed E-state index contributed by atoms with van der Waals surface area (Å²) in [5, 5.41) is 11.4. The molecule has 0 radical (unpaired) electrons. The fourth-order valence-electron chi connectivity index (χ4n) is 1.35. The van der Waals surface area contributed by atoms with E-state index in [-0.39, 0.29) is 12.5 Å². The Morgan fingerprint density at radius 2 is 2.31 bits per heavy atom. The number of benzene rings is 1. The molecular formula is C12H17NO2S. The lowest BCUT2D eigenvalue weighted by Crippen LogP contribution is -2.25. The second kappa shape index (κ2) is 7.30. The van der Waals surface area contributed by atoms with Crippen LogP contribution < -0.4 is 5.32 Å². The number of carbonyl (C=O) groups excluding carboxylic acids is 1. The second-order valence-corrected chi connectivity index (χ2v) is 4.33. The van der Waals surface area contributed by atoms with Gasteiger partial charge in [-0.2, -0.15) is 11.8 Å². The topological polar surface area (TPSA) is 49.3 Å². The minimum atomic E-state index is -0.0728. The largest absolute Gasteiger partial charge is 0.396 e. The zero-order valence-electron chi connectivity index (χ0n) is 9.40. The molecule has 0 aliphatic heterocycles. The Morgan fingerprint density at radius 1 is 1.50 bits per heavy atom. The average Bonchev–Trinajstić information content (AvgIpc) is 2.30. The van der Waals surface area contributed by atoms with Crippen LogP contribution in [0.15, 0.2) is 24.3 Å². The van der Waals surface area contributed by atoms with Crippen molar-refractivity contribution in [2.45, 2.75) is 12.2 Å². The maximum atomic E-state index is 11.7. The molecule has 0 unspecified atom stereocenters. The minimum Gasteiger partial charge on any atom is -0.396 e. The van der Waals surface area contributed by atoms with Crippen LogP contribution in [-0.4, -0.2) is 30.4 Å². The monoisotopic (exact) mass is 239 g/mol. The van der Waals surface area contributed by atoms with Crippen molar-refractivity contribution >= 4 is 17.7 Å². The summed E-state index contributed by atoms with van der Waals surface area (Å²) in [7, 11) is 0. The third-order valence-electron chi connectivity index (χ3n) is 2.12. The Kier molecular flexibility index (Phi) is 5.96. The fourth-order valence-corrected chi connectivity index (χ4v) is 1.86. The molecule has 16 heavy (non-hydrogen) atoms. The van der Waals surface area contributed by atoms with Crippen LogP contribution in [0.1, 0.15) is 22.3 Å². The lowest BCUT2D eigenvalue weighted by Gasteiger charge is -2.05. The van der Waals surface area contributed by atoms with Gasteiger partial charge in [-0.25, -0.2) is 0 Å². The van der Waals surface area contributed by atoms with E-state index in [9.17, 15) is 4.79 Å². The van der Waals surface area contributed by atoms with Gasteiger partial charge in [0.15, 0.2) is 0 Å². The summed E-state index contributed by atoms with van der Waals surface area (Å²) in [5.41, 5.74) is 1.84. The van der Waals surface area contributed by atoms with Gasteiger partial charge in [-0.05, 0) is 30.4 Å². The zero-order chi connectivity index (χ0) is 11.8. The van der Waals surface area contributed by atoms with Crippen molar-refractivity contribution in [3.05, 3.63) is 35.4 Å². The third kappa shape index (κ3) is 4.24. The standard InChI is InChI=1S/C12H17NO2S/c1-16-9-10-4-2-5-11(8-10)12(15)13-6-3-7-14/h2,4-5,8,14H,3,6-7,9H2,1H3,(H,13,15). The van der Waals surface area contributed by atoms with Gasteiger partial charge in [0.1, 0.15) is 0 Å². The van der Waals surface area contributed by atoms with Crippen molar-refractivity contribution in [3.8, 4) is 0 Å². The lowest BCUT2D eigenvalue weighted by atomic mass is 10.1. The molecule has 4 heteroatoms. The van der Waals surface area contributed by atoms with Crippen molar-refractivity contribution in [3.63, 3.8) is 0 Å². The van der Waals surface area contributed by atoms with E-state index in [0.29, 0.717) is 18.5 Å². The molecule has 1 amide bonds. The molecule has 0 spiro atoms. The summed E-state index contributed by atoms with van der Waals surface area (Å²) in [6.07, 6.45) is 2.63. The normalized spacial score (nSPS) is 10.1. The van der Waals surface area contributed by atoms with Crippen molar-refractivity contribution in [2.75, 3.05) is 19.4 Å². The van der Waals surface area contributed by atoms with Gasteiger partial charge in [-0.1, -0.05) is 12.1 Å².